The number of aromatic nitrogens is 3. The maximum absolute atomic E-state index is 12.8. The maximum Gasteiger partial charge on any atom is 0.350 e. The molecule has 4 rings (SSSR count). The smallest absolute Gasteiger partial charge is 0.350 e. The zero-order valence-corrected chi connectivity index (χ0v) is 15.7. The van der Waals surface area contributed by atoms with E-state index in [2.05, 4.69) is 15.1 Å². The molecule has 4 aromatic rings. The molecule has 0 saturated heterocycles. The largest absolute Gasteiger partial charge is 0.504 e. The predicted octanol–water partition coefficient (Wildman–Crippen LogP) is 2.17. The molecule has 0 radical (unpaired) electrons. The fraction of sp³-hybridized carbons (Fsp3) is 0.150. The first-order chi connectivity index (χ1) is 14.0. The summed E-state index contributed by atoms with van der Waals surface area (Å²) in [5, 5.41) is 14.5. The number of methoxy groups -OCH3 is 1. The van der Waals surface area contributed by atoms with Crippen molar-refractivity contribution < 1.29 is 14.6 Å². The second kappa shape index (κ2) is 7.19. The van der Waals surface area contributed by atoms with Gasteiger partial charge in [-0.05, 0) is 48.9 Å². The van der Waals surface area contributed by atoms with E-state index in [1.54, 1.807) is 44.4 Å². The first-order valence-corrected chi connectivity index (χ1v) is 8.86. The normalized spacial score (nSPS) is 11.5. The lowest BCUT2D eigenvalue weighted by atomic mass is 10.2. The van der Waals surface area contributed by atoms with Crippen molar-refractivity contribution in [2.24, 2.45) is 5.10 Å². The monoisotopic (exact) mass is 394 g/mol. The number of H-pyrrole nitrogens is 2. The third kappa shape index (κ3) is 3.22. The van der Waals surface area contributed by atoms with Crippen LogP contribution in [0.3, 0.4) is 0 Å². The van der Waals surface area contributed by atoms with Crippen LogP contribution in [0.15, 0.2) is 51.1 Å². The van der Waals surface area contributed by atoms with E-state index in [1.807, 2.05) is 0 Å². The number of aromatic amines is 2. The van der Waals surface area contributed by atoms with Crippen LogP contribution in [-0.2, 0) is 0 Å². The van der Waals surface area contributed by atoms with Crippen LogP contribution in [0.1, 0.15) is 12.5 Å². The molecule has 0 aliphatic carbocycles. The van der Waals surface area contributed by atoms with Gasteiger partial charge in [0.05, 0.1) is 25.4 Å². The van der Waals surface area contributed by atoms with Crippen molar-refractivity contribution in [2.45, 2.75) is 6.92 Å². The minimum Gasteiger partial charge on any atom is -0.504 e. The van der Waals surface area contributed by atoms with Crippen LogP contribution in [-0.4, -0.2) is 39.7 Å². The number of nitrogens with one attached hydrogen (secondary N) is 2. The Morgan fingerprint density at radius 2 is 1.97 bits per heavy atom. The maximum atomic E-state index is 12.8. The Bertz CT molecular complexity index is 1360. The Morgan fingerprint density at radius 1 is 1.14 bits per heavy atom. The van der Waals surface area contributed by atoms with Gasteiger partial charge in [0.15, 0.2) is 11.5 Å². The molecule has 9 heteroatoms. The Labute approximate surface area is 163 Å². The standard InChI is InChI=1S/C20H18N4O5/c1-3-29-16-8-11(4-7-15(16)25)10-21-24-19(26)18-17(23-20(24)27)13-9-12(28-2)5-6-14(13)22-18/h4-10,22,25H,3H2,1-2H3,(H,23,27). The second-order valence-corrected chi connectivity index (χ2v) is 6.24. The number of phenolic OH excluding ortho intramolecular Hbond substituents is 1. The van der Waals surface area contributed by atoms with Gasteiger partial charge in [-0.15, -0.1) is 4.68 Å². The number of nitrogens with zero attached hydrogens (tertiary/aromatic N) is 2. The van der Waals surface area contributed by atoms with Crippen LogP contribution in [0.2, 0.25) is 0 Å². The van der Waals surface area contributed by atoms with E-state index in [-0.39, 0.29) is 17.0 Å². The summed E-state index contributed by atoms with van der Waals surface area (Å²) in [6.45, 7) is 2.18. The van der Waals surface area contributed by atoms with Crippen molar-refractivity contribution >= 4 is 28.2 Å². The van der Waals surface area contributed by atoms with Crippen molar-refractivity contribution in [3.05, 3.63) is 62.8 Å². The first kappa shape index (κ1) is 18.4. The molecule has 0 fully saturated rings. The van der Waals surface area contributed by atoms with Crippen molar-refractivity contribution in [3.63, 3.8) is 0 Å². The Kier molecular flexibility index (Phi) is 4.55. The number of fused-ring (bicyclic) bond motifs is 3. The number of hydrogen-bond acceptors (Lipinski definition) is 6. The fourth-order valence-corrected chi connectivity index (χ4v) is 3.06. The van der Waals surface area contributed by atoms with E-state index in [0.29, 0.717) is 34.3 Å². The van der Waals surface area contributed by atoms with E-state index in [0.717, 1.165) is 4.68 Å². The summed E-state index contributed by atoms with van der Waals surface area (Å²) in [7, 11) is 1.54. The molecular weight excluding hydrogens is 376 g/mol. The Hall–Kier alpha value is -4.01. The van der Waals surface area contributed by atoms with Crippen LogP contribution < -0.4 is 20.7 Å². The number of benzene rings is 2. The zero-order chi connectivity index (χ0) is 20.5. The van der Waals surface area contributed by atoms with Gasteiger partial charge >= 0.3 is 11.2 Å². The Morgan fingerprint density at radius 3 is 2.72 bits per heavy atom. The summed E-state index contributed by atoms with van der Waals surface area (Å²) in [6.07, 6.45) is 1.34. The van der Waals surface area contributed by atoms with Crippen molar-refractivity contribution in [1.82, 2.24) is 14.6 Å². The van der Waals surface area contributed by atoms with E-state index in [9.17, 15) is 14.7 Å². The van der Waals surface area contributed by atoms with Gasteiger partial charge in [0.25, 0.3) is 0 Å². The lowest BCUT2D eigenvalue weighted by Crippen LogP contribution is -2.32. The van der Waals surface area contributed by atoms with E-state index >= 15 is 0 Å². The molecule has 2 aromatic heterocycles. The highest BCUT2D eigenvalue weighted by molar-refractivity contribution is 6.04. The molecule has 0 spiro atoms. The summed E-state index contributed by atoms with van der Waals surface area (Å²) in [5.74, 6) is 0.894. The summed E-state index contributed by atoms with van der Waals surface area (Å²) in [5.41, 5.74) is 0.605. The minimum atomic E-state index is -0.675. The van der Waals surface area contributed by atoms with Gasteiger partial charge in [-0.2, -0.15) is 5.10 Å². The Balaban J connectivity index is 1.81. The fourth-order valence-electron chi connectivity index (χ4n) is 3.06. The molecule has 0 bridgehead atoms. The van der Waals surface area contributed by atoms with Gasteiger partial charge in [0.2, 0.25) is 0 Å². The molecule has 2 aromatic carbocycles. The molecular formula is C20H18N4O5. The first-order valence-electron chi connectivity index (χ1n) is 8.86. The summed E-state index contributed by atoms with van der Waals surface area (Å²) >= 11 is 0. The topological polar surface area (TPSA) is 122 Å². The lowest BCUT2D eigenvalue weighted by molar-refractivity contribution is 0.318. The number of aromatic hydroxyl groups is 1. The van der Waals surface area contributed by atoms with Gasteiger partial charge in [0.1, 0.15) is 11.3 Å². The lowest BCUT2D eigenvalue weighted by Gasteiger charge is -2.06. The molecule has 0 saturated carbocycles. The molecule has 0 aliphatic rings. The molecule has 0 unspecified atom stereocenters. The average Bonchev–Trinajstić information content (AvgIpc) is 3.08. The number of hydrogen-bond donors (Lipinski definition) is 3. The molecule has 148 valence electrons. The van der Waals surface area contributed by atoms with E-state index in [4.69, 9.17) is 9.47 Å². The van der Waals surface area contributed by atoms with Crippen LogP contribution >= 0.6 is 0 Å². The molecule has 0 atom stereocenters. The molecule has 3 N–H and O–H groups in total. The highest BCUT2D eigenvalue weighted by Crippen LogP contribution is 2.26. The third-order valence-corrected chi connectivity index (χ3v) is 4.44. The molecule has 0 amide bonds. The second-order valence-electron chi connectivity index (χ2n) is 6.24. The highest BCUT2D eigenvalue weighted by Gasteiger charge is 2.13. The third-order valence-electron chi connectivity index (χ3n) is 4.44. The number of rotatable bonds is 5. The van der Waals surface area contributed by atoms with Gasteiger partial charge < -0.3 is 24.5 Å². The molecule has 0 aliphatic heterocycles. The summed E-state index contributed by atoms with van der Waals surface area (Å²) < 4.78 is 11.3. The van der Waals surface area contributed by atoms with Gasteiger partial charge in [-0.3, -0.25) is 4.79 Å². The minimum absolute atomic E-state index is 0.00561. The highest BCUT2D eigenvalue weighted by atomic mass is 16.5. The zero-order valence-electron chi connectivity index (χ0n) is 15.7. The van der Waals surface area contributed by atoms with Crippen molar-refractivity contribution in [1.29, 1.82) is 0 Å². The van der Waals surface area contributed by atoms with Crippen LogP contribution in [0.25, 0.3) is 21.9 Å². The van der Waals surface area contributed by atoms with Gasteiger partial charge in [-0.1, -0.05) is 0 Å². The predicted molar refractivity (Wildman–Crippen MR) is 110 cm³/mol. The van der Waals surface area contributed by atoms with E-state index in [1.165, 1.54) is 12.3 Å². The summed E-state index contributed by atoms with van der Waals surface area (Å²) in [6, 6.07) is 9.87. The van der Waals surface area contributed by atoms with Gasteiger partial charge in [0, 0.05) is 10.9 Å². The molecule has 9 nitrogen and oxygen atoms in total. The average molecular weight is 394 g/mol. The van der Waals surface area contributed by atoms with Crippen LogP contribution in [0, 0.1) is 0 Å². The summed E-state index contributed by atoms with van der Waals surface area (Å²) in [4.78, 5) is 31.0. The number of ether oxygens (including phenoxy) is 2. The number of phenols is 1. The molecule has 2 heterocycles. The van der Waals surface area contributed by atoms with E-state index < -0.39 is 11.2 Å². The quantitative estimate of drug-likeness (QED) is 0.448. The van der Waals surface area contributed by atoms with Crippen molar-refractivity contribution in [3.8, 4) is 17.2 Å². The van der Waals surface area contributed by atoms with Crippen LogP contribution in [0.4, 0.5) is 0 Å². The van der Waals surface area contributed by atoms with Crippen molar-refractivity contribution in [2.75, 3.05) is 13.7 Å². The van der Waals surface area contributed by atoms with Gasteiger partial charge in [-0.25, -0.2) is 4.79 Å². The molecule has 29 heavy (non-hydrogen) atoms. The van der Waals surface area contributed by atoms with Crippen LogP contribution in [0.5, 0.6) is 17.2 Å². The SMILES string of the molecule is CCOc1cc(C=Nn2c(=O)[nH]c3c([nH]c4ccc(OC)cc43)c2=O)ccc1O.